The zero-order chi connectivity index (χ0) is 12.4. The first-order valence-electron chi connectivity index (χ1n) is 6.83. The third kappa shape index (κ3) is 2.16. The third-order valence-corrected chi connectivity index (χ3v) is 5.25. The molecule has 96 valence electrons. The first-order chi connectivity index (χ1) is 8.90. The molecule has 1 heterocycles. The predicted molar refractivity (Wildman–Crippen MR) is 74.6 cm³/mol. The predicted octanol–water partition coefficient (Wildman–Crippen LogP) is 3.48. The van der Waals surface area contributed by atoms with Crippen LogP contribution in [0.15, 0.2) is 29.2 Å². The number of amides is 1. The van der Waals surface area contributed by atoms with E-state index in [9.17, 15) is 4.79 Å². The second kappa shape index (κ2) is 5.35. The summed E-state index contributed by atoms with van der Waals surface area (Å²) in [5.74, 6) is 1.67. The fraction of sp³-hybridized carbons (Fsp3) is 0.533. The van der Waals surface area contributed by atoms with Gasteiger partial charge in [-0.25, -0.2) is 0 Å². The summed E-state index contributed by atoms with van der Waals surface area (Å²) in [5, 5.41) is 0. The van der Waals surface area contributed by atoms with Gasteiger partial charge in [0.05, 0.1) is 6.04 Å². The Hall–Kier alpha value is -0.960. The number of benzene rings is 1. The van der Waals surface area contributed by atoms with Crippen molar-refractivity contribution in [1.29, 1.82) is 0 Å². The molecule has 1 amide bonds. The van der Waals surface area contributed by atoms with Crippen LogP contribution in [0.4, 0.5) is 0 Å². The molecule has 1 aromatic rings. The summed E-state index contributed by atoms with van der Waals surface area (Å²) >= 11 is 1.89. The molecule has 1 unspecified atom stereocenters. The van der Waals surface area contributed by atoms with Crippen LogP contribution in [-0.4, -0.2) is 23.6 Å². The number of thioether (sulfide) groups is 1. The van der Waals surface area contributed by atoms with Crippen LogP contribution in [0.5, 0.6) is 0 Å². The standard InChI is InChI=1S/C15H19NOS/c17-11-16-9-10-18-14-8-4-3-7-13(14)15(16)12-5-1-2-6-12/h3-4,7-8,11-12,15H,1-2,5-6,9-10H2. The van der Waals surface area contributed by atoms with Crippen molar-refractivity contribution in [1.82, 2.24) is 4.90 Å². The monoisotopic (exact) mass is 261 g/mol. The molecule has 18 heavy (non-hydrogen) atoms. The van der Waals surface area contributed by atoms with Gasteiger partial charge in [0.1, 0.15) is 0 Å². The lowest BCUT2D eigenvalue weighted by Crippen LogP contribution is -2.32. The van der Waals surface area contributed by atoms with Gasteiger partial charge in [-0.2, -0.15) is 0 Å². The Balaban J connectivity index is 2.00. The van der Waals surface area contributed by atoms with Crippen LogP contribution in [0.2, 0.25) is 0 Å². The molecule has 1 aromatic carbocycles. The highest BCUT2D eigenvalue weighted by Crippen LogP contribution is 2.43. The summed E-state index contributed by atoms with van der Waals surface area (Å²) in [4.78, 5) is 14.8. The van der Waals surface area contributed by atoms with Crippen LogP contribution < -0.4 is 0 Å². The molecule has 0 aromatic heterocycles. The quantitative estimate of drug-likeness (QED) is 0.760. The van der Waals surface area contributed by atoms with Gasteiger partial charge in [-0.3, -0.25) is 4.79 Å². The second-order valence-corrected chi connectivity index (χ2v) is 6.36. The SMILES string of the molecule is O=CN1CCSc2ccccc2C1C1CCCC1. The fourth-order valence-corrected chi connectivity index (χ4v) is 4.40. The first kappa shape index (κ1) is 12.1. The molecular formula is C15H19NOS. The molecule has 1 fully saturated rings. The summed E-state index contributed by atoms with van der Waals surface area (Å²) in [5.41, 5.74) is 1.37. The Kier molecular flexibility index (Phi) is 3.59. The van der Waals surface area contributed by atoms with E-state index >= 15 is 0 Å². The Labute approximate surface area is 113 Å². The van der Waals surface area contributed by atoms with E-state index in [1.165, 1.54) is 36.1 Å². The van der Waals surface area contributed by atoms with Gasteiger partial charge in [0.25, 0.3) is 0 Å². The average molecular weight is 261 g/mol. The summed E-state index contributed by atoms with van der Waals surface area (Å²) in [6.45, 7) is 0.879. The van der Waals surface area contributed by atoms with Gasteiger partial charge < -0.3 is 4.90 Å². The molecule has 0 spiro atoms. The Bertz CT molecular complexity index is 428. The Morgan fingerprint density at radius 3 is 2.78 bits per heavy atom. The van der Waals surface area contributed by atoms with E-state index < -0.39 is 0 Å². The molecule has 0 radical (unpaired) electrons. The molecule has 1 aliphatic heterocycles. The highest BCUT2D eigenvalue weighted by molar-refractivity contribution is 7.99. The van der Waals surface area contributed by atoms with E-state index in [1.54, 1.807) is 0 Å². The lowest BCUT2D eigenvalue weighted by Gasteiger charge is -2.32. The van der Waals surface area contributed by atoms with E-state index in [0.29, 0.717) is 12.0 Å². The first-order valence-corrected chi connectivity index (χ1v) is 7.81. The lowest BCUT2D eigenvalue weighted by molar-refractivity contribution is -0.121. The lowest BCUT2D eigenvalue weighted by atomic mass is 9.90. The zero-order valence-electron chi connectivity index (χ0n) is 10.5. The Morgan fingerprint density at radius 2 is 2.00 bits per heavy atom. The summed E-state index contributed by atoms with van der Waals surface area (Å²) in [6.07, 6.45) is 6.25. The van der Waals surface area contributed by atoms with E-state index in [0.717, 1.165) is 18.7 Å². The number of carbonyl (C=O) groups excluding carboxylic acids is 1. The maximum Gasteiger partial charge on any atom is 0.210 e. The number of nitrogens with zero attached hydrogens (tertiary/aromatic N) is 1. The molecule has 3 heteroatoms. The fourth-order valence-electron chi connectivity index (χ4n) is 3.35. The van der Waals surface area contributed by atoms with Crippen molar-refractivity contribution < 1.29 is 4.79 Å². The maximum absolute atomic E-state index is 11.4. The van der Waals surface area contributed by atoms with Gasteiger partial charge in [-0.15, -0.1) is 11.8 Å². The summed E-state index contributed by atoms with van der Waals surface area (Å²) in [6, 6.07) is 8.95. The molecule has 3 rings (SSSR count). The summed E-state index contributed by atoms with van der Waals surface area (Å²) in [7, 11) is 0. The van der Waals surface area contributed by atoms with Crippen LogP contribution in [0.3, 0.4) is 0 Å². The Morgan fingerprint density at radius 1 is 1.22 bits per heavy atom. The number of hydrogen-bond acceptors (Lipinski definition) is 2. The molecule has 2 nitrogen and oxygen atoms in total. The van der Waals surface area contributed by atoms with E-state index in [4.69, 9.17) is 0 Å². The minimum Gasteiger partial charge on any atom is -0.337 e. The molecule has 1 aliphatic carbocycles. The van der Waals surface area contributed by atoms with Crippen LogP contribution in [-0.2, 0) is 4.79 Å². The van der Waals surface area contributed by atoms with Gasteiger partial charge >= 0.3 is 0 Å². The van der Waals surface area contributed by atoms with Crippen molar-refractivity contribution in [3.8, 4) is 0 Å². The van der Waals surface area contributed by atoms with E-state index in [2.05, 4.69) is 24.3 Å². The van der Waals surface area contributed by atoms with Gasteiger partial charge in [-0.1, -0.05) is 31.0 Å². The number of fused-ring (bicyclic) bond motifs is 1. The molecule has 1 saturated carbocycles. The third-order valence-electron chi connectivity index (χ3n) is 4.18. The summed E-state index contributed by atoms with van der Waals surface area (Å²) < 4.78 is 0. The smallest absolute Gasteiger partial charge is 0.210 e. The van der Waals surface area contributed by atoms with Crippen molar-refractivity contribution in [3.63, 3.8) is 0 Å². The van der Waals surface area contributed by atoms with Crippen LogP contribution in [0.25, 0.3) is 0 Å². The van der Waals surface area contributed by atoms with Crippen molar-refractivity contribution in [3.05, 3.63) is 29.8 Å². The largest absolute Gasteiger partial charge is 0.337 e. The molecular weight excluding hydrogens is 242 g/mol. The van der Waals surface area contributed by atoms with Gasteiger partial charge in [0.2, 0.25) is 6.41 Å². The minimum atomic E-state index is 0.316. The van der Waals surface area contributed by atoms with Crippen LogP contribution in [0, 0.1) is 5.92 Å². The number of rotatable bonds is 2. The molecule has 2 aliphatic rings. The van der Waals surface area contributed by atoms with Gasteiger partial charge in [-0.05, 0) is 30.4 Å². The minimum absolute atomic E-state index is 0.316. The molecule has 0 bridgehead atoms. The van der Waals surface area contributed by atoms with Crippen molar-refractivity contribution in [2.24, 2.45) is 5.92 Å². The van der Waals surface area contributed by atoms with Crippen molar-refractivity contribution >= 4 is 18.2 Å². The topological polar surface area (TPSA) is 20.3 Å². The van der Waals surface area contributed by atoms with E-state index in [1.807, 2.05) is 16.7 Å². The normalized spacial score (nSPS) is 24.7. The van der Waals surface area contributed by atoms with Crippen molar-refractivity contribution in [2.45, 2.75) is 36.6 Å². The van der Waals surface area contributed by atoms with Crippen LogP contribution in [0.1, 0.15) is 37.3 Å². The average Bonchev–Trinajstić information content (AvgIpc) is 2.86. The van der Waals surface area contributed by atoms with Gasteiger partial charge in [0.15, 0.2) is 0 Å². The molecule has 1 atom stereocenters. The highest BCUT2D eigenvalue weighted by Gasteiger charge is 2.33. The van der Waals surface area contributed by atoms with E-state index in [-0.39, 0.29) is 0 Å². The van der Waals surface area contributed by atoms with Gasteiger partial charge in [0, 0.05) is 17.2 Å². The maximum atomic E-state index is 11.4. The number of carbonyl (C=O) groups is 1. The number of hydrogen-bond donors (Lipinski definition) is 0. The zero-order valence-corrected chi connectivity index (χ0v) is 11.4. The van der Waals surface area contributed by atoms with Crippen molar-refractivity contribution in [2.75, 3.05) is 12.3 Å². The molecule has 0 saturated heterocycles. The van der Waals surface area contributed by atoms with Crippen LogP contribution >= 0.6 is 11.8 Å². The highest BCUT2D eigenvalue weighted by atomic mass is 32.2. The second-order valence-electron chi connectivity index (χ2n) is 5.22. The molecule has 0 N–H and O–H groups in total.